The number of carbonyl (C=O) groups excluding carboxylic acids is 1. The molecule has 0 aliphatic heterocycles. The van der Waals surface area contributed by atoms with E-state index in [2.05, 4.69) is 30.9 Å². The summed E-state index contributed by atoms with van der Waals surface area (Å²) in [6.45, 7) is 0. The second kappa shape index (κ2) is 7.36. The van der Waals surface area contributed by atoms with E-state index >= 15 is 0 Å². The third-order valence-electron chi connectivity index (χ3n) is 4.17. The maximum atomic E-state index is 14.2. The highest BCUT2D eigenvalue weighted by molar-refractivity contribution is 5.95. The molecule has 2 aromatic heterocycles. The number of nitrogens with one attached hydrogen (secondary N) is 4. The molecule has 28 heavy (non-hydrogen) atoms. The molecule has 0 fully saturated rings. The standard InChI is InChI=1S/C20H17FN6O/c1-22-19(28)13-3-2-4-14(9-13)26-20-24-11-16(21)18(27-20)25-15-6-5-12-7-8-23-17(12)10-15/h2-11,23H,1H3,(H,22,28)(H2,24,25,26,27). The van der Waals surface area contributed by atoms with E-state index in [-0.39, 0.29) is 17.7 Å². The third kappa shape index (κ3) is 3.61. The van der Waals surface area contributed by atoms with Crippen molar-refractivity contribution in [3.05, 3.63) is 72.3 Å². The van der Waals surface area contributed by atoms with Crippen molar-refractivity contribution in [3.63, 3.8) is 0 Å². The Balaban J connectivity index is 1.57. The van der Waals surface area contributed by atoms with E-state index in [0.717, 1.165) is 17.1 Å². The zero-order valence-electron chi connectivity index (χ0n) is 15.0. The lowest BCUT2D eigenvalue weighted by Gasteiger charge is -2.10. The summed E-state index contributed by atoms with van der Waals surface area (Å²) in [5.41, 5.74) is 2.74. The molecule has 0 aliphatic rings. The van der Waals surface area contributed by atoms with Crippen LogP contribution in [0.1, 0.15) is 10.4 Å². The Morgan fingerprint density at radius 2 is 1.93 bits per heavy atom. The smallest absolute Gasteiger partial charge is 0.251 e. The van der Waals surface area contributed by atoms with Gasteiger partial charge < -0.3 is 20.9 Å². The van der Waals surface area contributed by atoms with Gasteiger partial charge in [-0.3, -0.25) is 4.79 Å². The Morgan fingerprint density at radius 3 is 2.79 bits per heavy atom. The number of halogens is 1. The average Bonchev–Trinajstić information content (AvgIpc) is 3.18. The first-order valence-corrected chi connectivity index (χ1v) is 8.58. The minimum absolute atomic E-state index is 0.0471. The summed E-state index contributed by atoms with van der Waals surface area (Å²) in [5, 5.41) is 9.58. The molecular weight excluding hydrogens is 359 g/mol. The molecule has 0 saturated heterocycles. The van der Waals surface area contributed by atoms with Gasteiger partial charge in [0.25, 0.3) is 5.91 Å². The highest BCUT2D eigenvalue weighted by atomic mass is 19.1. The Hall–Kier alpha value is -3.94. The van der Waals surface area contributed by atoms with Gasteiger partial charge in [-0.15, -0.1) is 0 Å². The minimum Gasteiger partial charge on any atom is -0.361 e. The van der Waals surface area contributed by atoms with Crippen LogP contribution in [-0.2, 0) is 0 Å². The second-order valence-corrected chi connectivity index (χ2v) is 6.08. The highest BCUT2D eigenvalue weighted by Gasteiger charge is 2.10. The molecule has 4 rings (SSSR count). The van der Waals surface area contributed by atoms with Gasteiger partial charge in [-0.25, -0.2) is 9.37 Å². The summed E-state index contributed by atoms with van der Waals surface area (Å²) in [6, 6.07) is 14.5. The van der Waals surface area contributed by atoms with E-state index in [0.29, 0.717) is 16.9 Å². The normalized spacial score (nSPS) is 10.6. The van der Waals surface area contributed by atoms with Crippen LogP contribution in [0.5, 0.6) is 0 Å². The molecule has 2 heterocycles. The van der Waals surface area contributed by atoms with Crippen molar-refractivity contribution in [2.75, 3.05) is 17.7 Å². The number of aromatic nitrogens is 3. The molecular formula is C20H17FN6O. The lowest BCUT2D eigenvalue weighted by Crippen LogP contribution is -2.17. The largest absolute Gasteiger partial charge is 0.361 e. The number of hydrogen-bond donors (Lipinski definition) is 4. The van der Waals surface area contributed by atoms with E-state index in [1.54, 1.807) is 31.3 Å². The topological polar surface area (TPSA) is 94.7 Å². The Morgan fingerprint density at radius 1 is 1.07 bits per heavy atom. The molecule has 0 aliphatic carbocycles. The number of nitrogens with zero attached hydrogens (tertiary/aromatic N) is 2. The molecule has 4 aromatic rings. The molecule has 0 atom stereocenters. The predicted molar refractivity (Wildman–Crippen MR) is 107 cm³/mol. The van der Waals surface area contributed by atoms with E-state index < -0.39 is 5.82 Å². The van der Waals surface area contributed by atoms with Crippen molar-refractivity contribution < 1.29 is 9.18 Å². The average molecular weight is 376 g/mol. The molecule has 0 unspecified atom stereocenters. The maximum absolute atomic E-state index is 14.2. The SMILES string of the molecule is CNC(=O)c1cccc(Nc2ncc(F)c(Nc3ccc4cc[nH]c4c3)n2)c1. The summed E-state index contributed by atoms with van der Waals surface area (Å²) < 4.78 is 14.2. The van der Waals surface area contributed by atoms with Crippen LogP contribution in [0, 0.1) is 5.82 Å². The second-order valence-electron chi connectivity index (χ2n) is 6.08. The van der Waals surface area contributed by atoms with Crippen molar-refractivity contribution >= 4 is 40.0 Å². The van der Waals surface area contributed by atoms with Crippen molar-refractivity contribution in [1.29, 1.82) is 0 Å². The van der Waals surface area contributed by atoms with Gasteiger partial charge in [0, 0.05) is 35.7 Å². The summed E-state index contributed by atoms with van der Waals surface area (Å²) in [7, 11) is 1.56. The molecule has 2 aromatic carbocycles. The fraction of sp³-hybridized carbons (Fsp3) is 0.0500. The van der Waals surface area contributed by atoms with Crippen molar-refractivity contribution in [2.24, 2.45) is 0 Å². The fourth-order valence-electron chi connectivity index (χ4n) is 2.79. The number of anilines is 4. The number of carbonyl (C=O) groups is 1. The quantitative estimate of drug-likeness (QED) is 0.423. The number of benzene rings is 2. The molecule has 0 spiro atoms. The van der Waals surface area contributed by atoms with Gasteiger partial charge in [0.15, 0.2) is 11.6 Å². The lowest BCUT2D eigenvalue weighted by molar-refractivity contribution is 0.0963. The summed E-state index contributed by atoms with van der Waals surface area (Å²) in [5.74, 6) is -0.522. The number of H-pyrrole nitrogens is 1. The number of fused-ring (bicyclic) bond motifs is 1. The van der Waals surface area contributed by atoms with Gasteiger partial charge in [-0.2, -0.15) is 4.98 Å². The van der Waals surface area contributed by atoms with Crippen LogP contribution in [0.25, 0.3) is 10.9 Å². The van der Waals surface area contributed by atoms with Gasteiger partial charge in [-0.05, 0) is 41.8 Å². The number of amides is 1. The van der Waals surface area contributed by atoms with E-state index in [4.69, 9.17) is 0 Å². The Kier molecular flexibility index (Phi) is 4.59. The van der Waals surface area contributed by atoms with Gasteiger partial charge in [0.1, 0.15) is 0 Å². The predicted octanol–water partition coefficient (Wildman–Crippen LogP) is 3.94. The van der Waals surface area contributed by atoms with E-state index in [9.17, 15) is 9.18 Å². The molecule has 1 amide bonds. The zero-order valence-corrected chi connectivity index (χ0v) is 15.0. The van der Waals surface area contributed by atoms with Crippen LogP contribution in [0.2, 0.25) is 0 Å². The summed E-state index contributed by atoms with van der Waals surface area (Å²) >= 11 is 0. The van der Waals surface area contributed by atoms with Crippen LogP contribution in [-0.4, -0.2) is 27.9 Å². The first-order valence-electron chi connectivity index (χ1n) is 8.58. The van der Waals surface area contributed by atoms with Gasteiger partial charge in [0.05, 0.1) is 6.20 Å². The highest BCUT2D eigenvalue weighted by Crippen LogP contribution is 2.23. The Bertz CT molecular complexity index is 1160. The molecule has 7 nitrogen and oxygen atoms in total. The van der Waals surface area contributed by atoms with Gasteiger partial charge in [-0.1, -0.05) is 12.1 Å². The van der Waals surface area contributed by atoms with Gasteiger partial charge in [0.2, 0.25) is 5.95 Å². The van der Waals surface area contributed by atoms with E-state index in [1.165, 1.54) is 0 Å². The molecule has 0 radical (unpaired) electrons. The molecule has 140 valence electrons. The lowest BCUT2D eigenvalue weighted by atomic mass is 10.2. The monoisotopic (exact) mass is 376 g/mol. The first kappa shape index (κ1) is 17.5. The van der Waals surface area contributed by atoms with Crippen molar-refractivity contribution in [1.82, 2.24) is 20.3 Å². The molecule has 4 N–H and O–H groups in total. The van der Waals surface area contributed by atoms with Crippen LogP contribution < -0.4 is 16.0 Å². The maximum Gasteiger partial charge on any atom is 0.251 e. The minimum atomic E-state index is -0.573. The first-order chi connectivity index (χ1) is 13.6. The van der Waals surface area contributed by atoms with E-state index in [1.807, 2.05) is 30.5 Å². The number of aromatic amines is 1. The fourth-order valence-corrected chi connectivity index (χ4v) is 2.79. The van der Waals surface area contributed by atoms with Crippen LogP contribution in [0.3, 0.4) is 0 Å². The van der Waals surface area contributed by atoms with Crippen LogP contribution >= 0.6 is 0 Å². The zero-order chi connectivity index (χ0) is 19.5. The third-order valence-corrected chi connectivity index (χ3v) is 4.17. The van der Waals surface area contributed by atoms with Gasteiger partial charge >= 0.3 is 0 Å². The molecule has 0 bridgehead atoms. The molecule has 8 heteroatoms. The number of hydrogen-bond acceptors (Lipinski definition) is 5. The van der Waals surface area contributed by atoms with Crippen LogP contribution in [0.4, 0.5) is 27.5 Å². The molecule has 0 saturated carbocycles. The summed E-state index contributed by atoms with van der Waals surface area (Å²) in [6.07, 6.45) is 2.93. The summed E-state index contributed by atoms with van der Waals surface area (Å²) in [4.78, 5) is 23.0. The number of rotatable bonds is 5. The van der Waals surface area contributed by atoms with Crippen LogP contribution in [0.15, 0.2) is 60.9 Å². The van der Waals surface area contributed by atoms with Crippen molar-refractivity contribution in [3.8, 4) is 0 Å². The Labute approximate surface area is 160 Å². The van der Waals surface area contributed by atoms with Crippen molar-refractivity contribution in [2.45, 2.75) is 0 Å².